The molecule has 0 bridgehead atoms. The van der Waals surface area contributed by atoms with Gasteiger partial charge in [0.2, 0.25) is 41.4 Å². The average molecular weight is 1460 g/mol. The maximum atomic E-state index is 15.2. The molecule has 0 fully saturated rings. The average Bonchev–Trinajstić information content (AvgIpc) is 1.63. The molecule has 0 aliphatic heterocycles. The molecular weight excluding hydrogens is 1360 g/mol. The monoisotopic (exact) mass is 1460 g/mol. The number of carbonyl (C=O) groups excluding carboxylic acids is 10. The number of nitrogens with one attached hydrogen (secondary N) is 9. The van der Waals surface area contributed by atoms with Crippen molar-refractivity contribution in [3.05, 3.63) is 239 Å². The first kappa shape index (κ1) is 81.1. The lowest BCUT2D eigenvalue weighted by atomic mass is 9.77. The Morgan fingerprint density at radius 1 is 0.514 bits per heavy atom. The molecule has 0 saturated carbocycles. The Labute approximate surface area is 625 Å². The normalized spacial score (nSPS) is 13.7. The number of hydrogen-bond acceptors (Lipinski definition) is 15. The van der Waals surface area contributed by atoms with Crippen molar-refractivity contribution in [1.82, 2.24) is 47.4 Å². The summed E-state index contributed by atoms with van der Waals surface area (Å²) in [5.74, 6) is -7.36. The van der Waals surface area contributed by atoms with Gasteiger partial charge in [0, 0.05) is 12.5 Å². The number of alkyl carbamates (subject to hydrolysis) is 2. The van der Waals surface area contributed by atoms with Crippen LogP contribution in [0.2, 0.25) is 0 Å². The van der Waals surface area contributed by atoms with Crippen molar-refractivity contribution < 1.29 is 66.9 Å². The van der Waals surface area contributed by atoms with Gasteiger partial charge in [-0.2, -0.15) is 0 Å². The van der Waals surface area contributed by atoms with E-state index in [0.717, 1.165) is 43.8 Å². The van der Waals surface area contributed by atoms with Crippen molar-refractivity contribution in [2.75, 3.05) is 19.7 Å². The smallest absolute Gasteiger partial charge is 0.416 e. The molecule has 1 aliphatic carbocycles. The standard InChI is InChI=1S/C83H98N10O14/c1-10-54(4)72(77(100)90-73(56(6)107-82(7,8)9)76(99)85-49-71(96)86-68(55(5)94)48-70(95)92-83(59-35-20-13-21-36-59,60-37-22-14-23-38-60)61-39-24-15-25-40-61)89-74(97)67(45-30-46-93(81(103)106-51-58-33-18-12-19-34-58)78(84)91-80(102)104-50-57-31-16-11-17-32-57)87-75(98)69(47-53(2)3)88-79(101)105-52-66-64-43-28-26-41-62(64)63-42-27-29-44-65(63)66/h11-29,31-44,53-54,56,66-69,72-73H,10,30,45-52H2,1-9H3,(H,85,99)(H,86,96)(H,87,98)(H,88,101)(H,89,97)(H,90,100)(H,92,95)(H2,84,91,102)/t54-,56-,67+,68-,69-,72-,73-/m0/s1. The second-order valence-electron chi connectivity index (χ2n) is 27.9. The van der Waals surface area contributed by atoms with Crippen LogP contribution in [0.1, 0.15) is 139 Å². The number of nitrogens with zero attached hydrogens (tertiary/aromatic N) is 1. The molecule has 9 amide bonds. The molecule has 8 rings (SSSR count). The van der Waals surface area contributed by atoms with Crippen molar-refractivity contribution in [3.63, 3.8) is 0 Å². The van der Waals surface area contributed by atoms with Crippen LogP contribution < -0.4 is 42.5 Å². The number of benzene rings is 7. The quantitative estimate of drug-likeness (QED) is 0.00784. The topological polar surface area (TPSA) is 331 Å². The molecule has 7 atom stereocenters. The predicted octanol–water partition coefficient (Wildman–Crippen LogP) is 10.6. The third-order valence-corrected chi connectivity index (χ3v) is 18.3. The van der Waals surface area contributed by atoms with Crippen LogP contribution in [0, 0.1) is 17.2 Å². The fourth-order valence-electron chi connectivity index (χ4n) is 12.8. The van der Waals surface area contributed by atoms with Gasteiger partial charge in [0.15, 0.2) is 5.78 Å². The Kier molecular flexibility index (Phi) is 29.6. The number of hydrogen-bond donors (Lipinski definition) is 9. The van der Waals surface area contributed by atoms with E-state index in [4.69, 9.17) is 24.4 Å². The maximum Gasteiger partial charge on any atom is 0.416 e. The molecule has 0 saturated heterocycles. The van der Waals surface area contributed by atoms with Gasteiger partial charge < -0.3 is 56.2 Å². The maximum absolute atomic E-state index is 15.2. The minimum absolute atomic E-state index is 0.0658. The van der Waals surface area contributed by atoms with Gasteiger partial charge in [0.05, 0.1) is 30.7 Å². The third kappa shape index (κ3) is 23.2. The zero-order valence-corrected chi connectivity index (χ0v) is 62.0. The Morgan fingerprint density at radius 2 is 1.00 bits per heavy atom. The second-order valence-corrected chi connectivity index (χ2v) is 27.9. The van der Waals surface area contributed by atoms with Crippen molar-refractivity contribution in [3.8, 4) is 11.1 Å². The van der Waals surface area contributed by atoms with Gasteiger partial charge in [-0.05, 0) is 116 Å². The van der Waals surface area contributed by atoms with E-state index < -0.39 is 138 Å². The Morgan fingerprint density at radius 3 is 1.50 bits per heavy atom. The lowest BCUT2D eigenvalue weighted by molar-refractivity contribution is -0.140. The lowest BCUT2D eigenvalue weighted by Gasteiger charge is -2.37. The molecule has 7 aromatic carbocycles. The molecule has 0 radical (unpaired) electrons. The van der Waals surface area contributed by atoms with Gasteiger partial charge in [-0.3, -0.25) is 44.3 Å². The van der Waals surface area contributed by atoms with Crippen LogP contribution in [0.5, 0.6) is 0 Å². The van der Waals surface area contributed by atoms with Crippen LogP contribution in [-0.2, 0) is 71.3 Å². The number of rotatable bonds is 34. The van der Waals surface area contributed by atoms with Gasteiger partial charge >= 0.3 is 18.3 Å². The summed E-state index contributed by atoms with van der Waals surface area (Å²) in [6, 6.07) is 54.0. The summed E-state index contributed by atoms with van der Waals surface area (Å²) in [5, 5.41) is 30.7. The Bertz CT molecular complexity index is 4040. The molecule has 24 heteroatoms. The first-order valence-electron chi connectivity index (χ1n) is 36.0. The highest BCUT2D eigenvalue weighted by molar-refractivity contribution is 6.00. The molecule has 0 heterocycles. The number of Topliss-reactive ketones (excluding diaryl/α,β-unsaturated/α-hetero) is 1. The van der Waals surface area contributed by atoms with Gasteiger partial charge in [-0.15, -0.1) is 0 Å². The van der Waals surface area contributed by atoms with Gasteiger partial charge in [-0.25, -0.2) is 19.3 Å². The zero-order valence-electron chi connectivity index (χ0n) is 62.0. The third-order valence-electron chi connectivity index (χ3n) is 18.3. The summed E-state index contributed by atoms with van der Waals surface area (Å²) in [5.41, 5.74) is 5.29. The van der Waals surface area contributed by atoms with Crippen LogP contribution >= 0.6 is 0 Å². The molecular formula is C83H98N10O14. The van der Waals surface area contributed by atoms with Crippen LogP contribution in [0.3, 0.4) is 0 Å². The second kappa shape index (κ2) is 39.0. The number of guanidine groups is 1. The molecule has 9 N–H and O–H groups in total. The van der Waals surface area contributed by atoms with E-state index in [1.54, 1.807) is 95.3 Å². The van der Waals surface area contributed by atoms with E-state index in [2.05, 4.69) is 42.5 Å². The minimum Gasteiger partial charge on any atom is -0.449 e. The first-order chi connectivity index (χ1) is 51.2. The SMILES string of the molecule is CC[C@H](C)[C@H](NC(=O)[C@@H](CCCN(C(=N)NC(=O)OCc1ccccc1)C(=O)OCc1ccccc1)NC(=O)[C@H](CC(C)C)NC(=O)OCC1c2ccccc2-c2ccccc21)C(=O)N[C@H](C(=O)NCC(=O)N[C@@H](CC(=O)NC(c1ccccc1)(c1ccccc1)c1ccccc1)C(C)=O)[C@H](C)OC(C)(C)C. The molecule has 564 valence electrons. The highest BCUT2D eigenvalue weighted by Gasteiger charge is 2.41. The van der Waals surface area contributed by atoms with Crippen LogP contribution in [0.15, 0.2) is 200 Å². The van der Waals surface area contributed by atoms with Gasteiger partial charge in [0.1, 0.15) is 49.5 Å². The fraction of sp³-hybridized carbons (Fsp3) is 0.361. The van der Waals surface area contributed by atoms with Gasteiger partial charge in [0.25, 0.3) is 0 Å². The number of ketones is 1. The first-order valence-corrected chi connectivity index (χ1v) is 36.0. The fourth-order valence-corrected chi connectivity index (χ4v) is 12.8. The highest BCUT2D eigenvalue weighted by Crippen LogP contribution is 2.45. The molecule has 24 nitrogen and oxygen atoms in total. The number of fused-ring (bicyclic) bond motifs is 3. The van der Waals surface area contributed by atoms with E-state index in [1.165, 1.54) is 13.8 Å². The largest absolute Gasteiger partial charge is 0.449 e. The molecule has 0 spiro atoms. The van der Waals surface area contributed by atoms with E-state index in [0.29, 0.717) is 11.1 Å². The summed E-state index contributed by atoms with van der Waals surface area (Å²) in [4.78, 5) is 143. The lowest BCUT2D eigenvalue weighted by Crippen LogP contribution is -2.62. The van der Waals surface area contributed by atoms with Crippen molar-refractivity contribution in [1.29, 1.82) is 5.41 Å². The molecule has 0 unspecified atom stereocenters. The highest BCUT2D eigenvalue weighted by atomic mass is 16.6. The zero-order chi connectivity index (χ0) is 77.2. The molecule has 0 aromatic heterocycles. The summed E-state index contributed by atoms with van der Waals surface area (Å²) in [7, 11) is 0. The predicted molar refractivity (Wildman–Crippen MR) is 405 cm³/mol. The van der Waals surface area contributed by atoms with E-state index in [-0.39, 0.29) is 57.3 Å². The summed E-state index contributed by atoms with van der Waals surface area (Å²) < 4.78 is 23.1. The van der Waals surface area contributed by atoms with Crippen molar-refractivity contribution in [2.24, 2.45) is 11.8 Å². The molecule has 107 heavy (non-hydrogen) atoms. The number of ether oxygens (including phenoxy) is 4. The van der Waals surface area contributed by atoms with Crippen LogP contribution in [-0.4, -0.2) is 132 Å². The van der Waals surface area contributed by atoms with Crippen molar-refractivity contribution in [2.45, 2.75) is 161 Å². The van der Waals surface area contributed by atoms with E-state index in [9.17, 15) is 38.4 Å². The summed E-state index contributed by atoms with van der Waals surface area (Å²) in [6.45, 7) is 13.5. The number of carbonyl (C=O) groups is 10. The summed E-state index contributed by atoms with van der Waals surface area (Å²) >= 11 is 0. The van der Waals surface area contributed by atoms with Crippen LogP contribution in [0.4, 0.5) is 14.4 Å². The van der Waals surface area contributed by atoms with Crippen molar-refractivity contribution >= 4 is 65.5 Å². The Balaban J connectivity index is 1.01. The van der Waals surface area contributed by atoms with E-state index in [1.807, 2.05) is 153 Å². The summed E-state index contributed by atoms with van der Waals surface area (Å²) in [6.07, 6.45) is -4.72. The Hall–Kier alpha value is -11.5. The number of amides is 9. The van der Waals surface area contributed by atoms with Gasteiger partial charge in [-0.1, -0.05) is 234 Å². The molecule has 7 aromatic rings. The molecule has 1 aliphatic rings. The minimum atomic E-state index is -1.55. The van der Waals surface area contributed by atoms with E-state index >= 15 is 9.59 Å². The van der Waals surface area contributed by atoms with Crippen LogP contribution in [0.25, 0.3) is 11.1 Å².